The van der Waals surface area contributed by atoms with E-state index in [0.29, 0.717) is 18.0 Å². The van der Waals surface area contributed by atoms with Crippen LogP contribution in [0.1, 0.15) is 30.1 Å². The van der Waals surface area contributed by atoms with Crippen molar-refractivity contribution in [1.29, 1.82) is 0 Å². The third-order valence-electron chi connectivity index (χ3n) is 3.51. The van der Waals surface area contributed by atoms with E-state index in [4.69, 9.17) is 5.73 Å². The fourth-order valence-corrected chi connectivity index (χ4v) is 2.36. The maximum absolute atomic E-state index is 12.1. The van der Waals surface area contributed by atoms with Gasteiger partial charge in [-0.1, -0.05) is 0 Å². The minimum Gasteiger partial charge on any atom is -0.507 e. The van der Waals surface area contributed by atoms with E-state index in [0.717, 1.165) is 16.4 Å². The summed E-state index contributed by atoms with van der Waals surface area (Å²) in [5.74, 6) is 0.426. The van der Waals surface area contributed by atoms with E-state index in [1.165, 1.54) is 6.07 Å². The molecule has 2 rings (SSSR count). The molecule has 5 heteroatoms. The minimum absolute atomic E-state index is 0.129. The second-order valence-corrected chi connectivity index (χ2v) is 6.18. The van der Waals surface area contributed by atoms with E-state index in [9.17, 15) is 9.90 Å². The number of rotatable bonds is 4. The molecule has 1 fully saturated rings. The molecule has 1 aromatic rings. The standard InChI is InChI=1S/C13H17IN2O2/c1-13(7-15,9-3-4-9)16-12(18)8-2-5-10(14)11(17)6-8/h2,5-6,9,17H,3-4,7,15H2,1H3,(H,16,18). The quantitative estimate of drug-likeness (QED) is 0.718. The smallest absolute Gasteiger partial charge is 0.251 e. The van der Waals surface area contributed by atoms with Crippen LogP contribution in [0.2, 0.25) is 0 Å². The van der Waals surface area contributed by atoms with Crippen LogP contribution in [0.5, 0.6) is 5.75 Å². The first-order valence-electron chi connectivity index (χ1n) is 5.97. The van der Waals surface area contributed by atoms with Crippen molar-refractivity contribution in [3.63, 3.8) is 0 Å². The lowest BCUT2D eigenvalue weighted by molar-refractivity contribution is 0.0897. The van der Waals surface area contributed by atoms with E-state index in [1.807, 2.05) is 29.5 Å². The molecule has 1 saturated carbocycles. The predicted molar refractivity (Wildman–Crippen MR) is 78.5 cm³/mol. The number of hydrogen-bond acceptors (Lipinski definition) is 3. The molecule has 1 aliphatic rings. The Kier molecular flexibility index (Phi) is 3.82. The Morgan fingerprint density at radius 1 is 1.61 bits per heavy atom. The van der Waals surface area contributed by atoms with Gasteiger partial charge in [-0.15, -0.1) is 0 Å². The third kappa shape index (κ3) is 2.77. The molecule has 4 nitrogen and oxygen atoms in total. The van der Waals surface area contributed by atoms with Gasteiger partial charge in [0, 0.05) is 12.1 Å². The van der Waals surface area contributed by atoms with Crippen LogP contribution in [-0.4, -0.2) is 23.1 Å². The van der Waals surface area contributed by atoms with Gasteiger partial charge in [-0.2, -0.15) is 0 Å². The predicted octanol–water partition coefficient (Wildman–Crippen LogP) is 1.85. The first kappa shape index (κ1) is 13.6. The summed E-state index contributed by atoms with van der Waals surface area (Å²) in [4.78, 5) is 12.1. The van der Waals surface area contributed by atoms with Crippen molar-refractivity contribution in [2.45, 2.75) is 25.3 Å². The number of amides is 1. The van der Waals surface area contributed by atoms with E-state index >= 15 is 0 Å². The summed E-state index contributed by atoms with van der Waals surface area (Å²) in [6.07, 6.45) is 2.23. The fraction of sp³-hybridized carbons (Fsp3) is 0.462. The van der Waals surface area contributed by atoms with Gasteiger partial charge in [0.05, 0.1) is 9.11 Å². The maximum Gasteiger partial charge on any atom is 0.251 e. The van der Waals surface area contributed by atoms with E-state index in [-0.39, 0.29) is 17.2 Å². The lowest BCUT2D eigenvalue weighted by Crippen LogP contribution is -2.53. The lowest BCUT2D eigenvalue weighted by Gasteiger charge is -2.29. The van der Waals surface area contributed by atoms with Crippen LogP contribution >= 0.6 is 22.6 Å². The van der Waals surface area contributed by atoms with Crippen LogP contribution in [0.25, 0.3) is 0 Å². The van der Waals surface area contributed by atoms with Gasteiger partial charge in [0.25, 0.3) is 5.91 Å². The molecular weight excluding hydrogens is 343 g/mol. The first-order valence-corrected chi connectivity index (χ1v) is 7.05. The van der Waals surface area contributed by atoms with Gasteiger partial charge in [-0.25, -0.2) is 0 Å². The third-order valence-corrected chi connectivity index (χ3v) is 4.42. The zero-order valence-electron chi connectivity index (χ0n) is 10.2. The summed E-state index contributed by atoms with van der Waals surface area (Å²) in [5, 5.41) is 12.6. The van der Waals surface area contributed by atoms with Crippen LogP contribution in [0.15, 0.2) is 18.2 Å². The maximum atomic E-state index is 12.1. The zero-order chi connectivity index (χ0) is 13.3. The van der Waals surface area contributed by atoms with Crippen molar-refractivity contribution in [2.75, 3.05) is 6.54 Å². The van der Waals surface area contributed by atoms with Crippen molar-refractivity contribution in [3.05, 3.63) is 27.3 Å². The average Bonchev–Trinajstić information content (AvgIpc) is 3.16. The minimum atomic E-state index is -0.338. The second kappa shape index (κ2) is 5.05. The highest BCUT2D eigenvalue weighted by Crippen LogP contribution is 2.39. The highest BCUT2D eigenvalue weighted by Gasteiger charge is 2.41. The number of nitrogens with two attached hydrogens (primary N) is 1. The van der Waals surface area contributed by atoms with Crippen LogP contribution in [0.4, 0.5) is 0 Å². The summed E-state index contributed by atoms with van der Waals surface area (Å²) in [7, 11) is 0. The van der Waals surface area contributed by atoms with Crippen molar-refractivity contribution in [2.24, 2.45) is 11.7 Å². The number of nitrogens with one attached hydrogen (secondary N) is 1. The molecular formula is C13H17IN2O2. The van der Waals surface area contributed by atoms with Crippen LogP contribution in [-0.2, 0) is 0 Å². The molecule has 1 aromatic carbocycles. The molecule has 0 aliphatic heterocycles. The molecule has 0 spiro atoms. The first-order chi connectivity index (χ1) is 8.46. The summed E-state index contributed by atoms with van der Waals surface area (Å²) in [6.45, 7) is 2.41. The molecule has 0 heterocycles. The van der Waals surface area contributed by atoms with Gasteiger partial charge in [-0.05, 0) is 66.5 Å². The monoisotopic (exact) mass is 360 g/mol. The fourth-order valence-electron chi connectivity index (χ4n) is 2.03. The number of benzene rings is 1. The zero-order valence-corrected chi connectivity index (χ0v) is 12.4. The molecule has 1 unspecified atom stereocenters. The van der Waals surface area contributed by atoms with E-state index < -0.39 is 0 Å². The number of carbonyl (C=O) groups is 1. The van der Waals surface area contributed by atoms with Crippen molar-refractivity contribution in [1.82, 2.24) is 5.32 Å². The molecule has 1 atom stereocenters. The van der Waals surface area contributed by atoms with Gasteiger partial charge in [0.2, 0.25) is 0 Å². The molecule has 0 aromatic heterocycles. The van der Waals surface area contributed by atoms with Gasteiger partial charge >= 0.3 is 0 Å². The molecule has 4 N–H and O–H groups in total. The Balaban J connectivity index is 2.13. The Morgan fingerprint density at radius 3 is 2.78 bits per heavy atom. The summed E-state index contributed by atoms with van der Waals surface area (Å²) >= 11 is 2.02. The normalized spacial score (nSPS) is 18.2. The number of halogens is 1. The number of phenols is 1. The number of phenolic OH excluding ortho intramolecular Hbond substituents is 1. The molecule has 18 heavy (non-hydrogen) atoms. The summed E-state index contributed by atoms with van der Waals surface area (Å²) < 4.78 is 0.730. The Hall–Kier alpha value is -0.820. The van der Waals surface area contributed by atoms with E-state index in [2.05, 4.69) is 5.32 Å². The highest BCUT2D eigenvalue weighted by atomic mass is 127. The summed E-state index contributed by atoms with van der Waals surface area (Å²) in [5.41, 5.74) is 5.89. The Morgan fingerprint density at radius 2 is 2.28 bits per heavy atom. The largest absolute Gasteiger partial charge is 0.507 e. The molecule has 0 saturated heterocycles. The lowest BCUT2D eigenvalue weighted by atomic mass is 9.95. The number of carbonyl (C=O) groups excluding carboxylic acids is 1. The Labute approximate surface area is 120 Å². The number of aromatic hydroxyl groups is 1. The molecule has 0 bridgehead atoms. The molecule has 98 valence electrons. The van der Waals surface area contributed by atoms with Crippen LogP contribution < -0.4 is 11.1 Å². The molecule has 0 radical (unpaired) electrons. The van der Waals surface area contributed by atoms with Gasteiger partial charge in [0.1, 0.15) is 5.75 Å². The topological polar surface area (TPSA) is 75.3 Å². The average molecular weight is 360 g/mol. The van der Waals surface area contributed by atoms with Gasteiger partial charge in [-0.3, -0.25) is 4.79 Å². The SMILES string of the molecule is CC(CN)(NC(=O)c1ccc(I)c(O)c1)C1CC1. The summed E-state index contributed by atoms with van der Waals surface area (Å²) in [6, 6.07) is 4.92. The molecule has 1 aliphatic carbocycles. The van der Waals surface area contributed by atoms with Crippen molar-refractivity contribution >= 4 is 28.5 Å². The van der Waals surface area contributed by atoms with Gasteiger partial charge in [0.15, 0.2) is 0 Å². The van der Waals surface area contributed by atoms with Crippen molar-refractivity contribution < 1.29 is 9.90 Å². The van der Waals surface area contributed by atoms with Crippen LogP contribution in [0, 0.1) is 9.49 Å². The van der Waals surface area contributed by atoms with E-state index in [1.54, 1.807) is 12.1 Å². The number of hydrogen-bond donors (Lipinski definition) is 3. The molecule has 1 amide bonds. The Bertz CT molecular complexity index is 474. The van der Waals surface area contributed by atoms with Gasteiger partial charge < -0.3 is 16.2 Å². The highest BCUT2D eigenvalue weighted by molar-refractivity contribution is 14.1. The van der Waals surface area contributed by atoms with Crippen LogP contribution in [0.3, 0.4) is 0 Å². The second-order valence-electron chi connectivity index (χ2n) is 5.02. The van der Waals surface area contributed by atoms with Crippen molar-refractivity contribution in [3.8, 4) is 5.75 Å².